The largest absolute Gasteiger partial charge is 0.394 e. The van der Waals surface area contributed by atoms with Gasteiger partial charge in [-0.15, -0.1) is 0 Å². The first-order chi connectivity index (χ1) is 10.8. The molecule has 1 aliphatic rings. The summed E-state index contributed by atoms with van der Waals surface area (Å²) in [6.07, 6.45) is -4.50. The minimum Gasteiger partial charge on any atom is -0.394 e. The Balaban J connectivity index is 2.38. The highest BCUT2D eigenvalue weighted by Crippen LogP contribution is 2.28. The van der Waals surface area contributed by atoms with E-state index in [1.54, 1.807) is 13.8 Å². The summed E-state index contributed by atoms with van der Waals surface area (Å²) in [5.74, 6) is 0.126. The molecule has 0 radical (unpaired) electrons. The third kappa shape index (κ3) is 3.34. The molecule has 0 saturated heterocycles. The molecule has 1 unspecified atom stereocenters. The average molecular weight is 328 g/mol. The van der Waals surface area contributed by atoms with Gasteiger partial charge in [-0.3, -0.25) is 14.8 Å². The van der Waals surface area contributed by atoms with Gasteiger partial charge in [-0.2, -0.15) is 0 Å². The quantitative estimate of drug-likeness (QED) is 0.346. The van der Waals surface area contributed by atoms with Crippen molar-refractivity contribution in [3.05, 3.63) is 20.8 Å². The Labute approximate surface area is 130 Å². The Hall–Kier alpha value is -2.01. The van der Waals surface area contributed by atoms with E-state index >= 15 is 0 Å². The number of aliphatic hydroxyl groups excluding tert-OH is 4. The van der Waals surface area contributed by atoms with E-state index in [4.69, 9.17) is 5.11 Å². The number of anilines is 1. The van der Waals surface area contributed by atoms with Gasteiger partial charge in [0.15, 0.2) is 5.69 Å². The van der Waals surface area contributed by atoms with Crippen molar-refractivity contribution in [2.24, 2.45) is 4.99 Å². The molecule has 0 bridgehead atoms. The zero-order valence-electron chi connectivity index (χ0n) is 12.7. The number of aliphatic hydroxyl groups is 4. The van der Waals surface area contributed by atoms with Gasteiger partial charge in [0.05, 0.1) is 12.6 Å². The summed E-state index contributed by atoms with van der Waals surface area (Å²) < 4.78 is 0. The lowest BCUT2D eigenvalue weighted by molar-refractivity contribution is -0.0733. The van der Waals surface area contributed by atoms with E-state index in [1.807, 2.05) is 0 Å². The van der Waals surface area contributed by atoms with Gasteiger partial charge in [-0.05, 0) is 13.8 Å². The van der Waals surface area contributed by atoms with E-state index in [1.165, 1.54) is 4.90 Å². The Kier molecular flexibility index (Phi) is 5.00. The maximum absolute atomic E-state index is 11.9. The second-order valence-electron chi connectivity index (χ2n) is 5.49. The molecular formula is C13H20N4O6. The van der Waals surface area contributed by atoms with Crippen LogP contribution in [0.3, 0.4) is 0 Å². The smallest absolute Gasteiger partial charge is 0.327 e. The topological polar surface area (TPSA) is 162 Å². The molecule has 2 rings (SSSR count). The van der Waals surface area contributed by atoms with Crippen molar-refractivity contribution in [3.63, 3.8) is 0 Å². The lowest BCUT2D eigenvalue weighted by atomic mass is 10.1. The Morgan fingerprint density at radius 1 is 1.22 bits per heavy atom. The van der Waals surface area contributed by atoms with Gasteiger partial charge in [0.25, 0.3) is 5.56 Å². The van der Waals surface area contributed by atoms with Gasteiger partial charge in [0.1, 0.15) is 24.1 Å². The van der Waals surface area contributed by atoms with Crippen molar-refractivity contribution in [1.82, 2.24) is 9.97 Å². The van der Waals surface area contributed by atoms with Crippen molar-refractivity contribution in [3.8, 4) is 0 Å². The van der Waals surface area contributed by atoms with Crippen LogP contribution in [0.25, 0.3) is 0 Å². The molecule has 0 spiro atoms. The molecule has 0 saturated carbocycles. The van der Waals surface area contributed by atoms with Crippen LogP contribution in [0.15, 0.2) is 14.6 Å². The second-order valence-corrected chi connectivity index (χ2v) is 5.49. The van der Waals surface area contributed by atoms with Crippen LogP contribution in [-0.2, 0) is 0 Å². The molecule has 0 amide bonds. The van der Waals surface area contributed by atoms with Crippen LogP contribution in [0.5, 0.6) is 0 Å². The van der Waals surface area contributed by atoms with E-state index in [2.05, 4.69) is 15.0 Å². The van der Waals surface area contributed by atoms with Crippen molar-refractivity contribution < 1.29 is 20.4 Å². The number of nitrogens with one attached hydrogen (secondary N) is 2. The maximum atomic E-state index is 11.9. The number of aromatic amines is 2. The van der Waals surface area contributed by atoms with Gasteiger partial charge < -0.3 is 25.3 Å². The molecule has 2 heterocycles. The zero-order valence-corrected chi connectivity index (χ0v) is 12.7. The highest BCUT2D eigenvalue weighted by Gasteiger charge is 2.32. The average Bonchev–Trinajstić information content (AvgIpc) is 2.51. The van der Waals surface area contributed by atoms with Crippen LogP contribution in [0, 0.1) is 0 Å². The van der Waals surface area contributed by atoms with Gasteiger partial charge in [0.2, 0.25) is 0 Å². The minimum absolute atomic E-state index is 0.00426. The third-order valence-electron chi connectivity index (χ3n) is 3.91. The molecule has 10 heteroatoms. The summed E-state index contributed by atoms with van der Waals surface area (Å²) in [4.78, 5) is 33.5. The van der Waals surface area contributed by atoms with Gasteiger partial charge in [0, 0.05) is 12.3 Å². The molecule has 0 aliphatic carbocycles. The van der Waals surface area contributed by atoms with Gasteiger partial charge in [-0.25, -0.2) is 9.79 Å². The van der Waals surface area contributed by atoms with Crippen molar-refractivity contribution in [2.75, 3.05) is 18.1 Å². The third-order valence-corrected chi connectivity index (χ3v) is 3.91. The summed E-state index contributed by atoms with van der Waals surface area (Å²) in [5, 5.41) is 38.1. The fraction of sp³-hybridized carbons (Fsp3) is 0.615. The van der Waals surface area contributed by atoms with Crippen molar-refractivity contribution in [1.29, 1.82) is 0 Å². The lowest BCUT2D eigenvalue weighted by Crippen LogP contribution is -2.51. The number of nitrogens with zero attached hydrogens (tertiary/aromatic N) is 2. The van der Waals surface area contributed by atoms with Crippen LogP contribution in [0.1, 0.15) is 13.8 Å². The van der Waals surface area contributed by atoms with E-state index in [9.17, 15) is 24.9 Å². The number of fused-ring (bicyclic) bond motifs is 1. The molecule has 6 N–H and O–H groups in total. The first-order valence-corrected chi connectivity index (χ1v) is 7.09. The molecule has 1 aliphatic heterocycles. The Morgan fingerprint density at radius 3 is 2.48 bits per heavy atom. The van der Waals surface area contributed by atoms with Crippen LogP contribution >= 0.6 is 0 Å². The number of hydrogen-bond acceptors (Lipinski definition) is 8. The highest BCUT2D eigenvalue weighted by molar-refractivity contribution is 5.95. The normalized spacial score (nSPS) is 21.4. The number of hydrogen-bond donors (Lipinski definition) is 6. The summed E-state index contributed by atoms with van der Waals surface area (Å²) in [6.45, 7) is 2.55. The van der Waals surface area contributed by atoms with Gasteiger partial charge >= 0.3 is 5.69 Å². The summed E-state index contributed by atoms with van der Waals surface area (Å²) >= 11 is 0. The highest BCUT2D eigenvalue weighted by atomic mass is 16.4. The van der Waals surface area contributed by atoms with E-state index in [-0.39, 0.29) is 24.1 Å². The molecule has 0 aromatic carbocycles. The minimum atomic E-state index is -1.58. The predicted octanol–water partition coefficient (Wildman–Crippen LogP) is -2.56. The van der Waals surface area contributed by atoms with Crippen LogP contribution in [0.2, 0.25) is 0 Å². The Morgan fingerprint density at radius 2 is 1.87 bits per heavy atom. The van der Waals surface area contributed by atoms with Gasteiger partial charge in [-0.1, -0.05) is 0 Å². The van der Waals surface area contributed by atoms with Crippen molar-refractivity contribution in [2.45, 2.75) is 38.2 Å². The molecule has 1 aromatic rings. The lowest BCUT2D eigenvalue weighted by Gasteiger charge is -2.36. The predicted molar refractivity (Wildman–Crippen MR) is 82.4 cm³/mol. The monoisotopic (exact) mass is 328 g/mol. The number of β-amino-alcohol motifs (C(OH)–C–C–N with tert-alkyl or cyclic N) is 1. The van der Waals surface area contributed by atoms with Crippen LogP contribution in [-0.4, -0.2) is 73.6 Å². The first kappa shape index (κ1) is 17.3. The molecule has 128 valence electrons. The fourth-order valence-electron chi connectivity index (χ4n) is 2.39. The number of H-pyrrole nitrogens is 2. The van der Waals surface area contributed by atoms with E-state index < -0.39 is 36.2 Å². The Bertz CT molecular complexity index is 711. The molecule has 23 heavy (non-hydrogen) atoms. The fourth-order valence-corrected chi connectivity index (χ4v) is 2.39. The van der Waals surface area contributed by atoms with E-state index in [0.29, 0.717) is 5.71 Å². The first-order valence-electron chi connectivity index (χ1n) is 7.09. The summed E-state index contributed by atoms with van der Waals surface area (Å²) in [7, 11) is 0. The molecule has 4 atom stereocenters. The number of aliphatic imine (C=N–C) groups is 1. The molecular weight excluding hydrogens is 308 g/mol. The molecule has 0 fully saturated rings. The number of rotatable bonds is 5. The molecule has 1 aromatic heterocycles. The van der Waals surface area contributed by atoms with Crippen LogP contribution < -0.4 is 16.1 Å². The van der Waals surface area contributed by atoms with E-state index in [0.717, 1.165) is 0 Å². The summed E-state index contributed by atoms with van der Waals surface area (Å²) in [5.41, 5.74) is -0.791. The zero-order chi connectivity index (χ0) is 17.3. The molecule has 10 nitrogen and oxygen atoms in total. The maximum Gasteiger partial charge on any atom is 0.327 e. The number of aromatic nitrogens is 2. The van der Waals surface area contributed by atoms with Crippen LogP contribution in [0.4, 0.5) is 11.5 Å². The van der Waals surface area contributed by atoms with Crippen molar-refractivity contribution >= 4 is 17.2 Å². The summed E-state index contributed by atoms with van der Waals surface area (Å²) in [6, 6.07) is -0.354. The SMILES string of the molecule is CC1=Nc2c([nH]c(=O)[nH]c2=O)N(C[C@H](O)[C@H](O)[C@H](O)CO)C1C. The standard InChI is InChI=1S/C13H20N4O6/c1-5-6(2)17(3-7(19)10(21)8(20)4-18)11-9(14-5)12(22)16-13(23)15-11/h6-8,10,18-21H,3-4H2,1-2H3,(H2,15,16,22,23)/t6?,7-,8+,10-/m0/s1. The second kappa shape index (κ2) is 6.62.